The Hall–Kier alpha value is -2.38. The molecule has 2 aromatic heterocycles. The van der Waals surface area contributed by atoms with Gasteiger partial charge in [-0.25, -0.2) is 9.67 Å². The molecule has 0 radical (unpaired) electrons. The molecule has 0 fully saturated rings. The minimum Gasteiger partial charge on any atom is -0.481 e. The Morgan fingerprint density at radius 2 is 2.35 bits per heavy atom. The van der Waals surface area contributed by atoms with E-state index in [9.17, 15) is 4.79 Å². The lowest BCUT2D eigenvalue weighted by Gasteiger charge is -2.06. The third-order valence-electron chi connectivity index (χ3n) is 2.19. The van der Waals surface area contributed by atoms with Gasteiger partial charge in [-0.15, -0.1) is 5.10 Å². The highest BCUT2D eigenvalue weighted by molar-refractivity contribution is 5.69. The largest absolute Gasteiger partial charge is 0.481 e. The highest BCUT2D eigenvalue weighted by Crippen LogP contribution is 2.12. The van der Waals surface area contributed by atoms with Crippen LogP contribution in [0.25, 0.3) is 11.5 Å². The van der Waals surface area contributed by atoms with Gasteiger partial charge in [0.25, 0.3) is 0 Å². The van der Waals surface area contributed by atoms with Crippen LogP contribution in [0.4, 0.5) is 0 Å². The Morgan fingerprint density at radius 1 is 1.53 bits per heavy atom. The zero-order chi connectivity index (χ0) is 12.3. The molecule has 0 aliphatic rings. The SMILES string of the molecule is CC(Cn1nnnc1-c1cnccn1)C(=O)O. The first kappa shape index (κ1) is 11.1. The number of carboxylic acid groups (broad SMARTS) is 1. The molecule has 0 spiro atoms. The van der Waals surface area contributed by atoms with Gasteiger partial charge in [0.05, 0.1) is 18.7 Å². The third kappa shape index (κ3) is 2.41. The topological polar surface area (TPSA) is 107 Å². The van der Waals surface area contributed by atoms with E-state index in [2.05, 4.69) is 25.5 Å². The van der Waals surface area contributed by atoms with Crippen LogP contribution in [0.1, 0.15) is 6.92 Å². The summed E-state index contributed by atoms with van der Waals surface area (Å²) in [6.45, 7) is 1.78. The lowest BCUT2D eigenvalue weighted by atomic mass is 10.2. The summed E-state index contributed by atoms with van der Waals surface area (Å²) in [4.78, 5) is 18.7. The van der Waals surface area contributed by atoms with Crippen LogP contribution in [-0.2, 0) is 11.3 Å². The number of aliphatic carboxylic acids is 1. The predicted octanol–water partition coefficient (Wildman–Crippen LogP) is -0.149. The van der Waals surface area contributed by atoms with E-state index in [1.165, 1.54) is 23.3 Å². The predicted molar refractivity (Wildman–Crippen MR) is 55.6 cm³/mol. The fraction of sp³-hybridized carbons (Fsp3) is 0.333. The standard InChI is InChI=1S/C9H10N6O2/c1-6(9(16)17)5-15-8(12-13-14-15)7-4-10-2-3-11-7/h2-4,6H,5H2,1H3,(H,16,17). The summed E-state index contributed by atoms with van der Waals surface area (Å²) in [7, 11) is 0. The van der Waals surface area contributed by atoms with E-state index in [0.717, 1.165) is 0 Å². The van der Waals surface area contributed by atoms with Crippen LogP contribution >= 0.6 is 0 Å². The average molecular weight is 234 g/mol. The first-order valence-corrected chi connectivity index (χ1v) is 4.94. The molecule has 0 aliphatic heterocycles. The number of nitrogens with zero attached hydrogens (tertiary/aromatic N) is 6. The van der Waals surface area contributed by atoms with Crippen LogP contribution in [0.5, 0.6) is 0 Å². The minimum atomic E-state index is -0.898. The van der Waals surface area contributed by atoms with E-state index in [1.54, 1.807) is 6.92 Å². The van der Waals surface area contributed by atoms with E-state index >= 15 is 0 Å². The molecule has 1 atom stereocenters. The van der Waals surface area contributed by atoms with Gasteiger partial charge in [0, 0.05) is 12.4 Å². The summed E-state index contributed by atoms with van der Waals surface area (Å²) < 4.78 is 1.41. The van der Waals surface area contributed by atoms with Crippen molar-refractivity contribution in [2.24, 2.45) is 5.92 Å². The zero-order valence-electron chi connectivity index (χ0n) is 9.06. The average Bonchev–Trinajstić information content (AvgIpc) is 2.78. The maximum absolute atomic E-state index is 10.8. The van der Waals surface area contributed by atoms with Gasteiger partial charge in [-0.3, -0.25) is 9.78 Å². The number of aromatic nitrogens is 6. The van der Waals surface area contributed by atoms with Crippen LogP contribution in [0.3, 0.4) is 0 Å². The van der Waals surface area contributed by atoms with Crippen LogP contribution in [0.2, 0.25) is 0 Å². The molecule has 1 unspecified atom stereocenters. The molecule has 2 aromatic rings. The summed E-state index contributed by atoms with van der Waals surface area (Å²) in [5.41, 5.74) is 0.509. The van der Waals surface area contributed by atoms with Crippen molar-refractivity contribution in [3.63, 3.8) is 0 Å². The molecule has 8 heteroatoms. The van der Waals surface area contributed by atoms with Crippen molar-refractivity contribution in [3.05, 3.63) is 18.6 Å². The molecule has 2 heterocycles. The van der Waals surface area contributed by atoms with E-state index in [1.807, 2.05) is 0 Å². The summed E-state index contributed by atoms with van der Waals surface area (Å²) in [5.74, 6) is -1.06. The van der Waals surface area contributed by atoms with Crippen molar-refractivity contribution in [2.45, 2.75) is 13.5 Å². The Balaban J connectivity index is 2.26. The fourth-order valence-electron chi connectivity index (χ4n) is 1.26. The van der Waals surface area contributed by atoms with Gasteiger partial charge in [-0.1, -0.05) is 6.92 Å². The van der Waals surface area contributed by atoms with Gasteiger partial charge in [0.1, 0.15) is 5.69 Å². The number of carboxylic acids is 1. The molecule has 0 aliphatic carbocycles. The molecule has 2 rings (SSSR count). The molecular weight excluding hydrogens is 224 g/mol. The first-order valence-electron chi connectivity index (χ1n) is 4.94. The maximum Gasteiger partial charge on any atom is 0.308 e. The summed E-state index contributed by atoms with van der Waals surface area (Å²) >= 11 is 0. The monoisotopic (exact) mass is 234 g/mol. The molecule has 1 N–H and O–H groups in total. The van der Waals surface area contributed by atoms with Crippen molar-refractivity contribution in [3.8, 4) is 11.5 Å². The first-order chi connectivity index (χ1) is 8.18. The molecule has 0 bridgehead atoms. The lowest BCUT2D eigenvalue weighted by Crippen LogP contribution is -2.18. The maximum atomic E-state index is 10.8. The molecule has 0 saturated heterocycles. The van der Waals surface area contributed by atoms with Crippen LogP contribution in [-0.4, -0.2) is 41.3 Å². The number of carbonyl (C=O) groups is 1. The molecule has 0 saturated carbocycles. The minimum absolute atomic E-state index is 0.189. The van der Waals surface area contributed by atoms with E-state index in [-0.39, 0.29) is 6.54 Å². The normalized spacial score (nSPS) is 12.3. The molecular formula is C9H10N6O2. The van der Waals surface area contributed by atoms with Gasteiger partial charge in [0.15, 0.2) is 0 Å². The fourth-order valence-corrected chi connectivity index (χ4v) is 1.26. The van der Waals surface area contributed by atoms with Gasteiger partial charge in [-0.2, -0.15) is 0 Å². The number of hydrogen-bond acceptors (Lipinski definition) is 6. The van der Waals surface area contributed by atoms with Crippen molar-refractivity contribution in [2.75, 3.05) is 0 Å². The van der Waals surface area contributed by atoms with Crippen molar-refractivity contribution in [1.82, 2.24) is 30.2 Å². The summed E-state index contributed by atoms with van der Waals surface area (Å²) in [5, 5.41) is 19.9. The summed E-state index contributed by atoms with van der Waals surface area (Å²) in [6, 6.07) is 0. The van der Waals surface area contributed by atoms with Gasteiger partial charge in [0.2, 0.25) is 5.82 Å². The number of tetrazole rings is 1. The molecule has 0 aromatic carbocycles. The molecule has 8 nitrogen and oxygen atoms in total. The van der Waals surface area contributed by atoms with Crippen molar-refractivity contribution < 1.29 is 9.90 Å². The highest BCUT2D eigenvalue weighted by Gasteiger charge is 2.17. The second-order valence-corrected chi connectivity index (χ2v) is 3.51. The van der Waals surface area contributed by atoms with E-state index < -0.39 is 11.9 Å². The lowest BCUT2D eigenvalue weighted by molar-refractivity contribution is -0.141. The third-order valence-corrected chi connectivity index (χ3v) is 2.19. The highest BCUT2D eigenvalue weighted by atomic mass is 16.4. The van der Waals surface area contributed by atoms with Gasteiger partial charge >= 0.3 is 5.97 Å². The Morgan fingerprint density at radius 3 is 3.00 bits per heavy atom. The molecule has 88 valence electrons. The van der Waals surface area contributed by atoms with Crippen LogP contribution < -0.4 is 0 Å². The molecule has 0 amide bonds. The summed E-state index contributed by atoms with van der Waals surface area (Å²) in [6.07, 6.45) is 4.58. The molecule has 17 heavy (non-hydrogen) atoms. The second-order valence-electron chi connectivity index (χ2n) is 3.51. The van der Waals surface area contributed by atoms with Gasteiger partial charge < -0.3 is 5.11 Å². The quantitative estimate of drug-likeness (QED) is 0.783. The number of hydrogen-bond donors (Lipinski definition) is 1. The van der Waals surface area contributed by atoms with Crippen LogP contribution in [0.15, 0.2) is 18.6 Å². The van der Waals surface area contributed by atoms with E-state index in [0.29, 0.717) is 11.5 Å². The number of rotatable bonds is 4. The Kier molecular flexibility index (Phi) is 3.03. The van der Waals surface area contributed by atoms with Crippen molar-refractivity contribution in [1.29, 1.82) is 0 Å². The van der Waals surface area contributed by atoms with Crippen LogP contribution in [0, 0.1) is 5.92 Å². The van der Waals surface area contributed by atoms with Gasteiger partial charge in [-0.05, 0) is 10.4 Å². The van der Waals surface area contributed by atoms with Crippen molar-refractivity contribution >= 4 is 5.97 Å². The second kappa shape index (κ2) is 4.64. The Labute approximate surface area is 96.3 Å². The Bertz CT molecular complexity index is 511. The van der Waals surface area contributed by atoms with E-state index in [4.69, 9.17) is 5.11 Å². The smallest absolute Gasteiger partial charge is 0.308 e. The zero-order valence-corrected chi connectivity index (χ0v) is 9.06.